The van der Waals surface area contributed by atoms with Gasteiger partial charge < -0.3 is 25.2 Å². The maximum atomic E-state index is 12.9. The molecule has 0 spiro atoms. The Morgan fingerprint density at radius 3 is 2.71 bits per heavy atom. The number of benzene rings is 2. The molecule has 0 radical (unpaired) electrons. The van der Waals surface area contributed by atoms with Crippen molar-refractivity contribution in [3.8, 4) is 5.75 Å². The number of aliphatic carboxylic acids is 1. The van der Waals surface area contributed by atoms with Crippen molar-refractivity contribution < 1.29 is 29.0 Å². The molecule has 3 N–H and O–H groups in total. The highest BCUT2D eigenvalue weighted by atomic mass is 16.5. The van der Waals surface area contributed by atoms with Crippen LogP contribution in [0.2, 0.25) is 0 Å². The lowest BCUT2D eigenvalue weighted by Crippen LogP contribution is -2.45. The zero-order valence-corrected chi connectivity index (χ0v) is 23.5. The Morgan fingerprint density at radius 2 is 1.93 bits per heavy atom. The summed E-state index contributed by atoms with van der Waals surface area (Å²) in [7, 11) is 0. The van der Waals surface area contributed by atoms with Gasteiger partial charge >= 0.3 is 5.97 Å². The van der Waals surface area contributed by atoms with E-state index in [0.717, 1.165) is 63.4 Å². The SMILES string of the molecule is NC(=O)C(CCC(=O)O)N1Cc2cc(O[C@H]3CCN(Cc4cc5ccc(C6CCOCC6)cc5cn4)C3)ccc2C1=O. The van der Waals surface area contributed by atoms with Crippen LogP contribution in [-0.2, 0) is 27.4 Å². The van der Waals surface area contributed by atoms with Crippen molar-refractivity contribution in [1.82, 2.24) is 14.8 Å². The molecule has 3 aliphatic rings. The van der Waals surface area contributed by atoms with Gasteiger partial charge in [-0.05, 0) is 78.4 Å². The molecule has 0 saturated carbocycles. The fraction of sp³-hybridized carbons (Fsp3) is 0.438. The number of carbonyl (C=O) groups excluding carboxylic acids is 2. The molecule has 2 aromatic carbocycles. The third-order valence-electron chi connectivity index (χ3n) is 8.66. The summed E-state index contributed by atoms with van der Waals surface area (Å²) in [5.41, 5.74) is 9.14. The molecule has 1 aromatic heterocycles. The highest BCUT2D eigenvalue weighted by Crippen LogP contribution is 2.32. The molecule has 0 bridgehead atoms. The van der Waals surface area contributed by atoms with Gasteiger partial charge in [0.1, 0.15) is 17.9 Å². The van der Waals surface area contributed by atoms with Crippen LogP contribution in [0.1, 0.15) is 65.2 Å². The maximum absolute atomic E-state index is 12.9. The fourth-order valence-electron chi connectivity index (χ4n) is 6.39. The van der Waals surface area contributed by atoms with E-state index in [4.69, 9.17) is 25.3 Å². The highest BCUT2D eigenvalue weighted by Gasteiger charge is 2.36. The van der Waals surface area contributed by atoms with Gasteiger partial charge in [-0.25, -0.2) is 0 Å². The summed E-state index contributed by atoms with van der Waals surface area (Å²) in [5, 5.41) is 11.4. The number of carboxylic acids is 1. The van der Waals surface area contributed by atoms with E-state index in [1.165, 1.54) is 21.2 Å². The van der Waals surface area contributed by atoms with Crippen molar-refractivity contribution >= 4 is 28.6 Å². The number of hydrogen-bond acceptors (Lipinski definition) is 7. The first-order valence-corrected chi connectivity index (χ1v) is 14.6. The van der Waals surface area contributed by atoms with Gasteiger partial charge in [-0.2, -0.15) is 0 Å². The Balaban J connectivity index is 1.05. The number of ether oxygens (including phenoxy) is 2. The Hall–Kier alpha value is -4.02. The normalized spacial score (nSPS) is 20.1. The van der Waals surface area contributed by atoms with Gasteiger partial charge in [-0.15, -0.1) is 0 Å². The minimum absolute atomic E-state index is 0.00711. The van der Waals surface area contributed by atoms with Gasteiger partial charge in [-0.1, -0.05) is 12.1 Å². The van der Waals surface area contributed by atoms with E-state index in [2.05, 4.69) is 29.2 Å². The highest BCUT2D eigenvalue weighted by molar-refractivity contribution is 6.01. The molecule has 10 heteroatoms. The molecule has 10 nitrogen and oxygen atoms in total. The number of aromatic nitrogens is 1. The average molecular weight is 573 g/mol. The maximum Gasteiger partial charge on any atom is 0.303 e. The summed E-state index contributed by atoms with van der Waals surface area (Å²) in [6.45, 7) is 4.27. The van der Waals surface area contributed by atoms with Gasteiger partial charge in [0.15, 0.2) is 0 Å². The first kappa shape index (κ1) is 28.1. The second-order valence-electron chi connectivity index (χ2n) is 11.5. The number of rotatable bonds is 10. The van der Waals surface area contributed by atoms with Crippen LogP contribution in [0.25, 0.3) is 10.8 Å². The van der Waals surface area contributed by atoms with E-state index < -0.39 is 17.9 Å². The van der Waals surface area contributed by atoms with Crippen LogP contribution in [0.3, 0.4) is 0 Å². The molecule has 0 aliphatic carbocycles. The lowest BCUT2D eigenvalue weighted by atomic mass is 9.90. The first-order chi connectivity index (χ1) is 20.3. The number of carbonyl (C=O) groups is 3. The Bertz CT molecular complexity index is 1500. The van der Waals surface area contributed by atoms with Gasteiger partial charge in [0.2, 0.25) is 5.91 Å². The summed E-state index contributed by atoms with van der Waals surface area (Å²) in [6.07, 6.45) is 4.75. The van der Waals surface area contributed by atoms with Crippen molar-refractivity contribution in [3.63, 3.8) is 0 Å². The largest absolute Gasteiger partial charge is 0.489 e. The monoisotopic (exact) mass is 572 g/mol. The molecule has 3 aliphatic heterocycles. The summed E-state index contributed by atoms with van der Waals surface area (Å²) in [5.74, 6) is -0.838. The number of nitrogens with two attached hydrogens (primary N) is 1. The van der Waals surface area contributed by atoms with Crippen molar-refractivity contribution in [2.45, 2.75) is 63.3 Å². The molecule has 220 valence electrons. The van der Waals surface area contributed by atoms with Crippen molar-refractivity contribution in [1.29, 1.82) is 0 Å². The van der Waals surface area contributed by atoms with E-state index in [1.54, 1.807) is 12.1 Å². The summed E-state index contributed by atoms with van der Waals surface area (Å²) < 4.78 is 11.8. The summed E-state index contributed by atoms with van der Waals surface area (Å²) >= 11 is 0. The number of hydrogen-bond donors (Lipinski definition) is 2. The number of nitrogens with zero attached hydrogens (tertiary/aromatic N) is 3. The van der Waals surface area contributed by atoms with Gasteiger partial charge in [-0.3, -0.25) is 24.3 Å². The Morgan fingerprint density at radius 1 is 1.10 bits per heavy atom. The van der Waals surface area contributed by atoms with Crippen molar-refractivity contribution in [3.05, 3.63) is 71.0 Å². The summed E-state index contributed by atoms with van der Waals surface area (Å²) in [4.78, 5) is 44.4. The lowest BCUT2D eigenvalue weighted by Gasteiger charge is -2.24. The molecule has 1 unspecified atom stereocenters. The van der Waals surface area contributed by atoms with E-state index in [0.29, 0.717) is 17.2 Å². The minimum atomic E-state index is -1.04. The topological polar surface area (TPSA) is 135 Å². The zero-order chi connectivity index (χ0) is 29.2. The first-order valence-electron chi connectivity index (χ1n) is 14.6. The number of primary amides is 1. The second kappa shape index (κ2) is 12.1. The molecule has 2 atom stereocenters. The fourth-order valence-corrected chi connectivity index (χ4v) is 6.39. The molecule has 2 saturated heterocycles. The van der Waals surface area contributed by atoms with Gasteiger partial charge in [0, 0.05) is 63.0 Å². The molecule has 4 heterocycles. The summed E-state index contributed by atoms with van der Waals surface area (Å²) in [6, 6.07) is 13.3. The Kier molecular flexibility index (Phi) is 8.08. The van der Waals surface area contributed by atoms with Gasteiger partial charge in [0.05, 0.1) is 5.69 Å². The van der Waals surface area contributed by atoms with Crippen molar-refractivity contribution in [2.75, 3.05) is 26.3 Å². The number of pyridine rings is 1. The minimum Gasteiger partial charge on any atom is -0.489 e. The third kappa shape index (κ3) is 6.10. The predicted molar refractivity (Wildman–Crippen MR) is 155 cm³/mol. The van der Waals surface area contributed by atoms with Crippen LogP contribution in [0, 0.1) is 0 Å². The van der Waals surface area contributed by atoms with Crippen LogP contribution in [-0.4, -0.2) is 76.1 Å². The quantitative estimate of drug-likeness (QED) is 0.377. The molecule has 2 fully saturated rings. The lowest BCUT2D eigenvalue weighted by molar-refractivity contribution is -0.137. The average Bonchev–Trinajstić information content (AvgIpc) is 3.56. The zero-order valence-electron chi connectivity index (χ0n) is 23.5. The van der Waals surface area contributed by atoms with E-state index in [1.807, 2.05) is 12.3 Å². The smallest absolute Gasteiger partial charge is 0.303 e. The predicted octanol–water partition coefficient (Wildman–Crippen LogP) is 3.46. The molecule has 3 aromatic rings. The molecular weight excluding hydrogens is 536 g/mol. The van der Waals surface area contributed by atoms with E-state index in [-0.39, 0.29) is 31.4 Å². The standard InChI is InChI=1S/C32H36N4O6/c33-31(39)29(5-6-30(37)38)36-17-24-15-26(3-4-28(24)32(36)40)42-27-7-10-35(19-27)18-25-14-22-2-1-21(13-23(22)16-34-25)20-8-11-41-12-9-20/h1-4,13-16,20,27,29H,5-12,17-19H2,(H2,33,39)(H,37,38)/t27-,29?/m0/s1. The number of likely N-dealkylation sites (tertiary alicyclic amines) is 1. The van der Waals surface area contributed by atoms with Crippen LogP contribution < -0.4 is 10.5 Å². The van der Waals surface area contributed by atoms with Gasteiger partial charge in [0.25, 0.3) is 5.91 Å². The van der Waals surface area contributed by atoms with Crippen molar-refractivity contribution in [2.24, 2.45) is 5.73 Å². The molecular formula is C32H36N4O6. The van der Waals surface area contributed by atoms with Crippen LogP contribution in [0.4, 0.5) is 0 Å². The van der Waals surface area contributed by atoms with E-state index >= 15 is 0 Å². The number of carboxylic acid groups (broad SMARTS) is 1. The molecule has 6 rings (SSSR count). The van der Waals surface area contributed by atoms with E-state index in [9.17, 15) is 14.4 Å². The number of fused-ring (bicyclic) bond motifs is 2. The number of amides is 2. The third-order valence-corrected chi connectivity index (χ3v) is 8.66. The molecule has 2 amide bonds. The molecule has 42 heavy (non-hydrogen) atoms. The van der Waals surface area contributed by atoms with Crippen LogP contribution >= 0.6 is 0 Å². The van der Waals surface area contributed by atoms with Crippen LogP contribution in [0.15, 0.2) is 48.7 Å². The van der Waals surface area contributed by atoms with Crippen LogP contribution in [0.5, 0.6) is 5.75 Å². The second-order valence-corrected chi connectivity index (χ2v) is 11.5. The Labute approximate surface area is 244 Å².